The number of benzene rings is 8. The molecule has 0 amide bonds. The largest absolute Gasteiger partial charge is 0.582 e. The molecule has 0 saturated carbocycles. The Labute approximate surface area is 543 Å². The van der Waals surface area contributed by atoms with Crippen LogP contribution in [0.4, 0.5) is 8.78 Å². The quantitative estimate of drug-likeness (QED) is 0.0389. The zero-order valence-corrected chi connectivity index (χ0v) is 59.4. The van der Waals surface area contributed by atoms with Crippen molar-refractivity contribution in [1.82, 2.24) is 9.13 Å². The number of aromatic nitrogens is 2. The van der Waals surface area contributed by atoms with Crippen LogP contribution in [0.1, 0.15) is 161 Å². The van der Waals surface area contributed by atoms with E-state index in [4.69, 9.17) is 9.47 Å². The Bertz CT molecular complexity index is 3810. The van der Waals surface area contributed by atoms with Gasteiger partial charge >= 0.3 is 0 Å². The molecule has 10 rings (SSSR count). The molecule has 2 aromatic heterocycles. The van der Waals surface area contributed by atoms with Crippen LogP contribution < -0.4 is 0 Å². The average molecular weight is 1350 g/mol. The Morgan fingerprint density at radius 2 is 0.705 bits per heavy atom. The summed E-state index contributed by atoms with van der Waals surface area (Å²) >= 11 is 0. The van der Waals surface area contributed by atoms with Gasteiger partial charge in [-0.3, -0.25) is 0 Å². The van der Waals surface area contributed by atoms with Crippen LogP contribution in [0.5, 0.6) is 23.0 Å². The summed E-state index contributed by atoms with van der Waals surface area (Å²) in [7, 11) is 0. The predicted octanol–water partition coefficient (Wildman–Crippen LogP) is 21.7. The fourth-order valence-electron chi connectivity index (χ4n) is 14.0. The van der Waals surface area contributed by atoms with Crippen LogP contribution >= 0.6 is 0 Å². The Morgan fingerprint density at radius 1 is 0.409 bits per heavy atom. The molecular formula is C79H96F2HfN2O4. The van der Waals surface area contributed by atoms with Crippen molar-refractivity contribution >= 4 is 43.6 Å². The van der Waals surface area contributed by atoms with Gasteiger partial charge in [0.2, 0.25) is 0 Å². The number of aliphatic hydroxyl groups is 2. The number of halogens is 2. The van der Waals surface area contributed by atoms with Gasteiger partial charge in [-0.15, -0.1) is 0 Å². The predicted molar refractivity (Wildman–Crippen MR) is 367 cm³/mol. The number of aromatic hydroxyl groups is 4. The van der Waals surface area contributed by atoms with Crippen molar-refractivity contribution in [2.45, 2.75) is 167 Å². The Kier molecular flexibility index (Phi) is 20.6. The third-order valence-corrected chi connectivity index (χ3v) is 17.6. The molecule has 0 spiro atoms. The van der Waals surface area contributed by atoms with Crippen LogP contribution in [0.15, 0.2) is 121 Å². The van der Waals surface area contributed by atoms with E-state index < -0.39 is 11.6 Å². The molecule has 0 fully saturated rings. The van der Waals surface area contributed by atoms with Gasteiger partial charge in [0, 0.05) is 69.6 Å². The van der Waals surface area contributed by atoms with Crippen molar-refractivity contribution in [2.75, 3.05) is 13.2 Å². The van der Waals surface area contributed by atoms with E-state index in [0.29, 0.717) is 75.9 Å². The van der Waals surface area contributed by atoms with E-state index in [1.54, 1.807) is 0 Å². The molecule has 8 aromatic carbocycles. The first kappa shape index (κ1) is 68.8. The van der Waals surface area contributed by atoms with Crippen molar-refractivity contribution in [3.8, 4) is 56.6 Å². The maximum absolute atomic E-state index is 16.1. The minimum atomic E-state index is -0.412. The minimum Gasteiger partial charge on any atom is -0.582 e. The number of fused-ring (bicyclic) bond motifs is 6. The summed E-state index contributed by atoms with van der Waals surface area (Å²) in [6.07, 6.45) is 5.67. The standard InChI is InChI=1S/C77H88F2N2O4.2CH3.Hf/c1-17-48-22-26-56-57-27-23-49(18-2)35-65(57)80(64(56)34-48)68-40-52(76(13,14)44-74(7,8)9)38-60(70(68)82)62-42-54(78)32-46(5)72(62)84-30-21-31-85-73-47(6)33-55(79)43-63(73)61-39-53(77(15,16)45-75(10,11)12)41-69(71(61)83)81-66-36-50(19-3)24-28-58(66)59-29-25-51(20-4)37-67(59)81;;;/h22-29,32-43,82-83H,17-21,30-31,44-45H2,1-16H3;2*1H3;/q;2*-1;/p+2. The molecule has 0 bridgehead atoms. The smallest absolute Gasteiger partial charge is 0.265 e. The number of phenols is 2. The topological polar surface area (TPSA) is 75.9 Å². The molecular weight excluding hydrogens is 1260 g/mol. The molecule has 10 aromatic rings. The second-order valence-corrected chi connectivity index (χ2v) is 27.9. The van der Waals surface area contributed by atoms with Crippen LogP contribution in [0.25, 0.3) is 77.2 Å². The van der Waals surface area contributed by atoms with Crippen LogP contribution in [0.2, 0.25) is 0 Å². The van der Waals surface area contributed by atoms with E-state index in [0.717, 1.165) is 93.3 Å². The van der Waals surface area contributed by atoms with E-state index in [1.165, 1.54) is 46.5 Å². The zero-order chi connectivity index (χ0) is 61.2. The summed E-state index contributed by atoms with van der Waals surface area (Å²) < 4.78 is 47.2. The molecule has 0 saturated heterocycles. The second-order valence-electron chi connectivity index (χ2n) is 27.9. The number of rotatable bonds is 18. The molecule has 88 heavy (non-hydrogen) atoms. The Hall–Kier alpha value is -6.71. The third kappa shape index (κ3) is 13.6. The summed E-state index contributed by atoms with van der Waals surface area (Å²) in [6, 6.07) is 41.0. The number of hydrogen-bond acceptors (Lipinski definition) is 2. The Morgan fingerprint density at radius 3 is 0.977 bits per heavy atom. The fraction of sp³-hybridized carbons (Fsp3) is 0.367. The van der Waals surface area contributed by atoms with E-state index in [2.05, 4.69) is 203 Å². The van der Waals surface area contributed by atoms with Crippen molar-refractivity contribution < 1.29 is 54.3 Å². The van der Waals surface area contributed by atoms with Gasteiger partial charge in [0.25, 0.3) is 11.5 Å². The van der Waals surface area contributed by atoms with E-state index in [1.807, 2.05) is 13.8 Å². The van der Waals surface area contributed by atoms with E-state index in [9.17, 15) is 10.2 Å². The number of aryl methyl sites for hydroxylation is 6. The van der Waals surface area contributed by atoms with Gasteiger partial charge in [-0.2, -0.15) is 0 Å². The van der Waals surface area contributed by atoms with Crippen molar-refractivity contribution in [1.29, 1.82) is 0 Å². The van der Waals surface area contributed by atoms with Crippen LogP contribution in [-0.4, -0.2) is 42.0 Å². The Balaban J connectivity index is 0.00000368. The molecule has 0 aliphatic carbocycles. The molecule has 6 nitrogen and oxygen atoms in total. The number of hydrogen-bond donors (Lipinski definition) is 2. The third-order valence-electron chi connectivity index (χ3n) is 17.6. The molecule has 9 heteroatoms. The van der Waals surface area contributed by atoms with Crippen molar-refractivity contribution in [2.24, 2.45) is 10.8 Å². The monoisotopic (exact) mass is 1350 g/mol. The van der Waals surface area contributed by atoms with Gasteiger partial charge in [0.1, 0.15) is 29.6 Å². The molecule has 0 atom stereocenters. The number of phenolic OH excluding ortho intramolecular Hbond substituents is 2. The molecule has 2 heterocycles. The molecule has 4 N–H and O–H groups in total. The first-order chi connectivity index (χ1) is 40.1. The average Bonchev–Trinajstić information content (AvgIpc) is 1.61. The number of ether oxygens (including phenoxy) is 2. The van der Waals surface area contributed by atoms with Crippen LogP contribution in [-0.2, 0) is 62.4 Å². The summed E-state index contributed by atoms with van der Waals surface area (Å²) in [5.74, 6) is 0.492. The van der Waals surface area contributed by atoms with Gasteiger partial charge in [0.05, 0.1) is 44.6 Å². The normalized spacial score (nSPS) is 12.2. The van der Waals surface area contributed by atoms with Gasteiger partial charge in [-0.05, 0) is 180 Å². The van der Waals surface area contributed by atoms with E-state index >= 15 is 8.78 Å². The number of nitrogens with zero attached hydrogens (tertiary/aromatic N) is 2. The van der Waals surface area contributed by atoms with Crippen LogP contribution in [0, 0.1) is 51.2 Å². The maximum Gasteiger partial charge on any atom is 0.265 e. The fourth-order valence-corrected chi connectivity index (χ4v) is 14.0. The zero-order valence-electron chi connectivity index (χ0n) is 55.9. The summed E-state index contributed by atoms with van der Waals surface area (Å²) in [4.78, 5) is 0. The van der Waals surface area contributed by atoms with Crippen molar-refractivity contribution in [3.05, 3.63) is 192 Å². The minimum absolute atomic E-state index is 0. The van der Waals surface area contributed by atoms with Gasteiger partial charge in [-0.25, -0.2) is 8.78 Å². The van der Waals surface area contributed by atoms with Gasteiger partial charge in [0.15, 0.2) is 13.2 Å². The summed E-state index contributed by atoms with van der Waals surface area (Å²) in [5.41, 5.74) is 14.8. The van der Waals surface area contributed by atoms with Gasteiger partial charge in [-0.1, -0.05) is 145 Å². The van der Waals surface area contributed by atoms with Crippen molar-refractivity contribution in [3.63, 3.8) is 0 Å². The molecule has 0 unspecified atom stereocenters. The summed E-state index contributed by atoms with van der Waals surface area (Å²) in [5, 5.41) is 30.4. The molecule has 464 valence electrons. The molecule has 0 radical (unpaired) electrons. The van der Waals surface area contributed by atoms with E-state index in [-0.39, 0.29) is 73.9 Å². The maximum atomic E-state index is 16.1. The molecule has 0 aliphatic rings. The first-order valence-corrected chi connectivity index (χ1v) is 31.0. The second kappa shape index (κ2) is 26.4. The SMILES string of the molecule is CCc1ccc2c3ccc(CC)cc3n(-c3cc(C(C)(C)CC(C)(C)C)cc(-c4cc(F)cc(C)c4[OH+]CCC[OH+]c4c(C)cc(F)cc4-c4cc(C(C)(C)CC(C)(C)C)cc(-n5c6cc(CC)ccc6c6ccc(CC)cc65)c4O)c3O)c2c1.[CH3-].[CH3-].[Hf]. The molecule has 0 aliphatic heterocycles. The van der Waals surface area contributed by atoms with Crippen LogP contribution in [0.3, 0.4) is 0 Å². The summed E-state index contributed by atoms with van der Waals surface area (Å²) in [6.45, 7) is 35.6. The van der Waals surface area contributed by atoms with Gasteiger partial charge < -0.3 is 43.7 Å². The first-order valence-electron chi connectivity index (χ1n) is 31.0.